The van der Waals surface area contributed by atoms with Crippen LogP contribution in [0.2, 0.25) is 0 Å². The van der Waals surface area contributed by atoms with Crippen LogP contribution in [0, 0.1) is 5.82 Å². The van der Waals surface area contributed by atoms with Crippen LogP contribution in [-0.4, -0.2) is 48.8 Å². The Balaban J connectivity index is 0.00000324. The number of benzene rings is 3. The first kappa shape index (κ1) is 25.5. The molecule has 34 heavy (non-hydrogen) atoms. The highest BCUT2D eigenvalue weighted by molar-refractivity contribution is 7.22. The minimum absolute atomic E-state index is 0. The van der Waals surface area contributed by atoms with Crippen LogP contribution >= 0.6 is 23.7 Å². The molecule has 4 aromatic rings. The van der Waals surface area contributed by atoms with Gasteiger partial charge in [-0.2, -0.15) is 0 Å². The molecule has 0 saturated heterocycles. The summed E-state index contributed by atoms with van der Waals surface area (Å²) in [4.78, 5) is 34.2. The van der Waals surface area contributed by atoms with Gasteiger partial charge in [0.25, 0.3) is 5.91 Å². The summed E-state index contributed by atoms with van der Waals surface area (Å²) in [5.74, 6) is -0.731. The van der Waals surface area contributed by atoms with Gasteiger partial charge in [-0.05, 0) is 51.3 Å². The molecule has 3 aromatic carbocycles. The molecule has 176 valence electrons. The quantitative estimate of drug-likeness (QED) is 0.294. The van der Waals surface area contributed by atoms with Crippen molar-refractivity contribution >= 4 is 50.8 Å². The van der Waals surface area contributed by atoms with Crippen molar-refractivity contribution in [2.24, 2.45) is 0 Å². The van der Waals surface area contributed by atoms with Crippen LogP contribution < -0.4 is 4.90 Å². The Morgan fingerprint density at radius 2 is 1.50 bits per heavy atom. The van der Waals surface area contributed by atoms with Crippen molar-refractivity contribution in [2.45, 2.75) is 6.42 Å². The zero-order chi connectivity index (χ0) is 23.4. The Bertz CT molecular complexity index is 1280. The van der Waals surface area contributed by atoms with Crippen molar-refractivity contribution in [1.29, 1.82) is 0 Å². The molecule has 0 fully saturated rings. The van der Waals surface area contributed by atoms with E-state index in [1.807, 2.05) is 37.2 Å². The summed E-state index contributed by atoms with van der Waals surface area (Å²) < 4.78 is 14.9. The molecule has 0 radical (unpaired) electrons. The zero-order valence-corrected chi connectivity index (χ0v) is 20.5. The van der Waals surface area contributed by atoms with E-state index in [4.69, 9.17) is 0 Å². The number of aromatic nitrogens is 1. The van der Waals surface area contributed by atoms with Gasteiger partial charge >= 0.3 is 0 Å². The van der Waals surface area contributed by atoms with Crippen molar-refractivity contribution in [1.82, 2.24) is 9.88 Å². The van der Waals surface area contributed by atoms with Gasteiger partial charge in [0.2, 0.25) is 0 Å². The molecule has 4 rings (SSSR count). The number of nitrogens with zero attached hydrogens (tertiary/aromatic N) is 3. The number of halogens is 2. The number of thiazole rings is 1. The predicted molar refractivity (Wildman–Crippen MR) is 138 cm³/mol. The monoisotopic (exact) mass is 497 g/mol. The van der Waals surface area contributed by atoms with Crippen LogP contribution in [0.15, 0.2) is 72.8 Å². The summed E-state index contributed by atoms with van der Waals surface area (Å²) in [5, 5.41) is 0.461. The van der Waals surface area contributed by atoms with Gasteiger partial charge in [0, 0.05) is 23.2 Å². The highest BCUT2D eigenvalue weighted by Crippen LogP contribution is 2.31. The maximum absolute atomic E-state index is 14.2. The Morgan fingerprint density at radius 3 is 2.15 bits per heavy atom. The average molecular weight is 498 g/mol. The summed E-state index contributed by atoms with van der Waals surface area (Å²) >= 11 is 1.29. The third-order valence-electron chi connectivity index (χ3n) is 5.25. The number of carbonyl (C=O) groups excluding carboxylic acids is 2. The highest BCUT2D eigenvalue weighted by Gasteiger charge is 2.22. The second-order valence-electron chi connectivity index (χ2n) is 7.97. The van der Waals surface area contributed by atoms with Crippen LogP contribution in [-0.2, 0) is 0 Å². The molecular weight excluding hydrogens is 473 g/mol. The van der Waals surface area contributed by atoms with E-state index in [1.165, 1.54) is 17.4 Å². The van der Waals surface area contributed by atoms with Gasteiger partial charge in [0.05, 0.1) is 4.70 Å². The highest BCUT2D eigenvalue weighted by atomic mass is 35.5. The van der Waals surface area contributed by atoms with E-state index in [9.17, 15) is 14.0 Å². The van der Waals surface area contributed by atoms with Gasteiger partial charge < -0.3 is 4.90 Å². The zero-order valence-electron chi connectivity index (χ0n) is 18.9. The van der Waals surface area contributed by atoms with Crippen molar-refractivity contribution in [3.63, 3.8) is 0 Å². The van der Waals surface area contributed by atoms with E-state index in [1.54, 1.807) is 53.4 Å². The van der Waals surface area contributed by atoms with Gasteiger partial charge in [-0.15, -0.1) is 12.4 Å². The molecule has 0 aliphatic carbocycles. The molecule has 0 unspecified atom stereocenters. The van der Waals surface area contributed by atoms with Gasteiger partial charge in [0.15, 0.2) is 10.9 Å². The number of anilines is 1. The third-order valence-corrected chi connectivity index (χ3v) is 6.30. The first-order chi connectivity index (χ1) is 15.9. The fourth-order valence-corrected chi connectivity index (χ4v) is 4.53. The molecule has 1 amide bonds. The Hall–Kier alpha value is -3.13. The number of carbonyl (C=O) groups is 2. The van der Waals surface area contributed by atoms with E-state index in [0.29, 0.717) is 33.1 Å². The van der Waals surface area contributed by atoms with E-state index < -0.39 is 5.82 Å². The molecule has 0 N–H and O–H groups in total. The standard InChI is InChI=1S/C26H24FN3O2S.ClH/c1-29(2)16-7-17-30(26-28-23-21(27)10-6-11-22(23)33-26)25(32)20-14-12-19(13-15-20)24(31)18-8-4-3-5-9-18;/h3-6,8-15H,7,16-17H2,1-2H3;1H. The number of para-hydroxylation sites is 1. The molecule has 5 nitrogen and oxygen atoms in total. The minimum atomic E-state index is -0.403. The van der Waals surface area contributed by atoms with Gasteiger partial charge in [0.1, 0.15) is 11.3 Å². The van der Waals surface area contributed by atoms with Gasteiger partial charge in [-0.1, -0.05) is 59.9 Å². The molecule has 0 saturated carbocycles. The lowest BCUT2D eigenvalue weighted by Gasteiger charge is -2.21. The van der Waals surface area contributed by atoms with Crippen LogP contribution in [0.1, 0.15) is 32.7 Å². The maximum Gasteiger partial charge on any atom is 0.260 e. The van der Waals surface area contributed by atoms with E-state index in [2.05, 4.69) is 4.98 Å². The Labute approximate surface area is 208 Å². The number of rotatable bonds is 8. The average Bonchev–Trinajstić information content (AvgIpc) is 3.27. The minimum Gasteiger partial charge on any atom is -0.309 e. The number of ketones is 1. The lowest BCUT2D eigenvalue weighted by molar-refractivity contribution is 0.0983. The molecule has 1 heterocycles. The molecule has 1 aromatic heterocycles. The first-order valence-corrected chi connectivity index (χ1v) is 11.5. The Kier molecular flexibility index (Phi) is 8.50. The van der Waals surface area contributed by atoms with Crippen molar-refractivity contribution < 1.29 is 14.0 Å². The number of fused-ring (bicyclic) bond motifs is 1. The van der Waals surface area contributed by atoms with Gasteiger partial charge in [-0.25, -0.2) is 9.37 Å². The summed E-state index contributed by atoms with van der Waals surface area (Å²) in [5.41, 5.74) is 1.83. The van der Waals surface area contributed by atoms with Crippen molar-refractivity contribution in [2.75, 3.05) is 32.1 Å². The lowest BCUT2D eigenvalue weighted by Crippen LogP contribution is -2.33. The number of hydrogen-bond donors (Lipinski definition) is 0. The normalized spacial score (nSPS) is 10.8. The van der Waals surface area contributed by atoms with Gasteiger partial charge in [-0.3, -0.25) is 14.5 Å². The largest absolute Gasteiger partial charge is 0.309 e. The van der Waals surface area contributed by atoms with E-state index >= 15 is 0 Å². The van der Waals surface area contributed by atoms with Crippen molar-refractivity contribution in [3.8, 4) is 0 Å². The lowest BCUT2D eigenvalue weighted by atomic mass is 10.0. The number of hydrogen-bond acceptors (Lipinski definition) is 5. The maximum atomic E-state index is 14.2. The SMILES string of the molecule is CN(C)CCCN(C(=O)c1ccc(C(=O)c2ccccc2)cc1)c1nc2c(F)cccc2s1.Cl. The van der Waals surface area contributed by atoms with Crippen LogP contribution in [0.3, 0.4) is 0 Å². The summed E-state index contributed by atoms with van der Waals surface area (Å²) in [6.45, 7) is 1.25. The summed E-state index contributed by atoms with van der Waals surface area (Å²) in [7, 11) is 3.95. The summed E-state index contributed by atoms with van der Waals surface area (Å²) in [6.07, 6.45) is 0.738. The number of amides is 1. The second-order valence-corrected chi connectivity index (χ2v) is 8.98. The Morgan fingerprint density at radius 1 is 0.853 bits per heavy atom. The van der Waals surface area contributed by atoms with Crippen LogP contribution in [0.5, 0.6) is 0 Å². The molecule has 8 heteroatoms. The molecule has 0 bridgehead atoms. The van der Waals surface area contributed by atoms with Crippen LogP contribution in [0.25, 0.3) is 10.2 Å². The smallest absolute Gasteiger partial charge is 0.260 e. The van der Waals surface area contributed by atoms with E-state index in [0.717, 1.165) is 13.0 Å². The molecular formula is C26H25ClFN3O2S. The molecule has 0 aliphatic rings. The molecule has 0 spiro atoms. The fourth-order valence-electron chi connectivity index (χ4n) is 3.52. The van der Waals surface area contributed by atoms with Crippen LogP contribution in [0.4, 0.5) is 9.52 Å². The fraction of sp³-hybridized carbons (Fsp3) is 0.192. The topological polar surface area (TPSA) is 53.5 Å². The second kappa shape index (κ2) is 11.3. The van der Waals surface area contributed by atoms with E-state index in [-0.39, 0.29) is 29.6 Å². The molecule has 0 atom stereocenters. The predicted octanol–water partition coefficient (Wildman–Crippen LogP) is 5.69. The third kappa shape index (κ3) is 5.67. The molecule has 0 aliphatic heterocycles. The van der Waals surface area contributed by atoms with Crippen molar-refractivity contribution in [3.05, 3.63) is 95.3 Å². The first-order valence-electron chi connectivity index (χ1n) is 10.7. The summed E-state index contributed by atoms with van der Waals surface area (Å²) in [6, 6.07) is 20.5.